The first-order valence-electron chi connectivity index (χ1n) is 12.8. The van der Waals surface area contributed by atoms with Crippen LogP contribution in [0.25, 0.3) is 11.0 Å². The summed E-state index contributed by atoms with van der Waals surface area (Å²) in [5.74, 6) is 0.246. The molecular formula is C28H34ClN5O4. The van der Waals surface area contributed by atoms with Crippen molar-refractivity contribution in [3.8, 4) is 0 Å². The number of halogens is 1. The molecular weight excluding hydrogens is 506 g/mol. The summed E-state index contributed by atoms with van der Waals surface area (Å²) in [6.45, 7) is 10.0. The Kier molecular flexibility index (Phi) is 7.97. The van der Waals surface area contributed by atoms with E-state index in [2.05, 4.69) is 20.6 Å². The predicted octanol–water partition coefficient (Wildman–Crippen LogP) is 5.15. The van der Waals surface area contributed by atoms with Crippen LogP contribution in [0, 0.1) is 6.92 Å². The van der Waals surface area contributed by atoms with Crippen molar-refractivity contribution in [2.75, 3.05) is 13.1 Å². The molecule has 9 nitrogen and oxygen atoms in total. The monoisotopic (exact) mass is 539 g/mol. The van der Waals surface area contributed by atoms with Crippen LogP contribution in [0.3, 0.4) is 0 Å². The zero-order valence-corrected chi connectivity index (χ0v) is 23.1. The first kappa shape index (κ1) is 27.4. The Labute approximate surface area is 227 Å². The minimum atomic E-state index is -0.585. The molecule has 0 saturated carbocycles. The average Bonchev–Trinajstić information content (AvgIpc) is 3.48. The van der Waals surface area contributed by atoms with Crippen LogP contribution >= 0.6 is 11.6 Å². The number of fused-ring (bicyclic) bond motifs is 1. The van der Waals surface area contributed by atoms with Gasteiger partial charge in [-0.1, -0.05) is 11.6 Å². The van der Waals surface area contributed by atoms with E-state index in [0.717, 1.165) is 23.9 Å². The number of benzene rings is 2. The fourth-order valence-electron chi connectivity index (χ4n) is 4.58. The maximum absolute atomic E-state index is 13.4. The van der Waals surface area contributed by atoms with Gasteiger partial charge in [0.05, 0.1) is 17.1 Å². The number of aromatic amines is 1. The Bertz CT molecular complexity index is 1360. The molecule has 4 rings (SSSR count). The first-order chi connectivity index (χ1) is 17.9. The second kappa shape index (κ2) is 11.0. The zero-order valence-electron chi connectivity index (χ0n) is 22.4. The number of hydrogen-bond donors (Lipinski definition) is 3. The van der Waals surface area contributed by atoms with Crippen molar-refractivity contribution in [1.82, 2.24) is 25.5 Å². The van der Waals surface area contributed by atoms with E-state index >= 15 is 0 Å². The summed E-state index contributed by atoms with van der Waals surface area (Å²) in [6, 6.07) is 9.99. The fourth-order valence-corrected chi connectivity index (χ4v) is 4.75. The lowest BCUT2D eigenvalue weighted by Crippen LogP contribution is -2.44. The number of ether oxygens (including phenoxy) is 1. The molecule has 2 heterocycles. The molecule has 2 atom stereocenters. The number of aryl methyl sites for hydroxylation is 1. The van der Waals surface area contributed by atoms with E-state index in [4.69, 9.17) is 16.3 Å². The highest BCUT2D eigenvalue weighted by molar-refractivity contribution is 6.31. The van der Waals surface area contributed by atoms with Gasteiger partial charge < -0.3 is 25.3 Å². The van der Waals surface area contributed by atoms with Gasteiger partial charge in [0.25, 0.3) is 11.8 Å². The molecule has 3 amide bonds. The van der Waals surface area contributed by atoms with Crippen molar-refractivity contribution in [1.29, 1.82) is 0 Å². The quantitative estimate of drug-likeness (QED) is 0.401. The number of imidazole rings is 1. The summed E-state index contributed by atoms with van der Waals surface area (Å²) in [6.07, 6.45) is 1.16. The lowest BCUT2D eigenvalue weighted by atomic mass is 10.0. The van der Waals surface area contributed by atoms with Gasteiger partial charge in [-0.25, -0.2) is 9.78 Å². The molecule has 1 saturated heterocycles. The number of H-pyrrole nitrogens is 1. The van der Waals surface area contributed by atoms with Crippen LogP contribution in [0.1, 0.15) is 78.7 Å². The van der Waals surface area contributed by atoms with Gasteiger partial charge in [0.2, 0.25) is 0 Å². The third-order valence-electron chi connectivity index (χ3n) is 6.46. The number of carbonyl (C=O) groups is 3. The smallest absolute Gasteiger partial charge is 0.407 e. The minimum absolute atomic E-state index is 0.114. The molecule has 1 aliphatic heterocycles. The van der Waals surface area contributed by atoms with Crippen molar-refractivity contribution in [2.24, 2.45) is 0 Å². The second-order valence-corrected chi connectivity index (χ2v) is 11.1. The largest absolute Gasteiger partial charge is 0.444 e. The summed E-state index contributed by atoms with van der Waals surface area (Å²) in [4.78, 5) is 47.9. The van der Waals surface area contributed by atoms with Crippen molar-refractivity contribution in [2.45, 2.75) is 65.1 Å². The summed E-state index contributed by atoms with van der Waals surface area (Å²) in [5, 5.41) is 6.33. The predicted molar refractivity (Wildman–Crippen MR) is 146 cm³/mol. The molecule has 202 valence electrons. The minimum Gasteiger partial charge on any atom is -0.444 e. The van der Waals surface area contributed by atoms with Crippen LogP contribution < -0.4 is 10.6 Å². The summed E-state index contributed by atoms with van der Waals surface area (Å²) < 4.78 is 5.31. The lowest BCUT2D eigenvalue weighted by Gasteiger charge is -2.26. The van der Waals surface area contributed by atoms with Gasteiger partial charge in [0.15, 0.2) is 0 Å². The highest BCUT2D eigenvalue weighted by Crippen LogP contribution is 2.23. The summed E-state index contributed by atoms with van der Waals surface area (Å²) >= 11 is 6.05. The normalized spacial score (nSPS) is 16.4. The molecule has 0 bridgehead atoms. The number of nitrogens with zero attached hydrogens (tertiary/aromatic N) is 2. The van der Waals surface area contributed by atoms with Crippen LogP contribution in [-0.2, 0) is 4.74 Å². The van der Waals surface area contributed by atoms with Gasteiger partial charge >= 0.3 is 6.09 Å². The van der Waals surface area contributed by atoms with Gasteiger partial charge in [0, 0.05) is 35.3 Å². The van der Waals surface area contributed by atoms with Gasteiger partial charge in [-0.3, -0.25) is 9.59 Å². The van der Waals surface area contributed by atoms with Gasteiger partial charge in [-0.05, 0) is 89.4 Å². The molecule has 0 aliphatic carbocycles. The molecule has 1 aliphatic rings. The average molecular weight is 540 g/mol. The van der Waals surface area contributed by atoms with E-state index in [1.807, 2.05) is 19.9 Å². The zero-order chi connectivity index (χ0) is 27.6. The number of carbonyl (C=O) groups excluding carboxylic acids is 3. The standard InChI is InChI=1S/C28H34ClN5O4/c1-16-13-18(25(35)31-17(2)24-32-22-11-9-19(29)14-23(22)33-24)8-10-21(16)26(36)34-12-6-7-20(34)15-30-27(37)38-28(3,4)5/h8-11,13-14,17,20H,6-7,12,15H2,1-5H3,(H,30,37)(H,31,35)(H,32,33)/t17-,20+/m0/s1. The third kappa shape index (κ3) is 6.45. The molecule has 10 heteroatoms. The van der Waals surface area contributed by atoms with Crippen molar-refractivity contribution in [3.63, 3.8) is 0 Å². The topological polar surface area (TPSA) is 116 Å². The molecule has 0 unspecified atom stereocenters. The van der Waals surface area contributed by atoms with Crippen LogP contribution in [0.5, 0.6) is 0 Å². The second-order valence-electron chi connectivity index (χ2n) is 10.7. The van der Waals surface area contributed by atoms with Crippen molar-refractivity contribution < 1.29 is 19.1 Å². The summed E-state index contributed by atoms with van der Waals surface area (Å²) in [7, 11) is 0. The van der Waals surface area contributed by atoms with Crippen LogP contribution in [0.4, 0.5) is 4.79 Å². The number of hydrogen-bond acceptors (Lipinski definition) is 5. The molecule has 38 heavy (non-hydrogen) atoms. The molecule has 0 spiro atoms. The highest BCUT2D eigenvalue weighted by atomic mass is 35.5. The van der Waals surface area contributed by atoms with Crippen LogP contribution in [0.2, 0.25) is 5.02 Å². The Morgan fingerprint density at radius 3 is 2.68 bits per heavy atom. The number of likely N-dealkylation sites (tertiary alicyclic amines) is 1. The van der Waals surface area contributed by atoms with E-state index in [-0.39, 0.29) is 23.9 Å². The Hall–Kier alpha value is -3.59. The number of alkyl carbamates (subject to hydrolysis) is 1. The van der Waals surface area contributed by atoms with E-state index in [0.29, 0.717) is 40.6 Å². The van der Waals surface area contributed by atoms with Crippen molar-refractivity contribution >= 4 is 40.5 Å². The molecule has 3 aromatic rings. The first-order valence-corrected chi connectivity index (χ1v) is 13.1. The highest BCUT2D eigenvalue weighted by Gasteiger charge is 2.31. The Balaban J connectivity index is 1.39. The van der Waals surface area contributed by atoms with Gasteiger partial charge in [-0.2, -0.15) is 0 Å². The third-order valence-corrected chi connectivity index (χ3v) is 6.69. The van der Waals surface area contributed by atoms with Gasteiger partial charge in [0.1, 0.15) is 11.4 Å². The van der Waals surface area contributed by atoms with Crippen molar-refractivity contribution in [3.05, 3.63) is 63.9 Å². The molecule has 0 radical (unpaired) electrons. The molecule has 1 aromatic heterocycles. The van der Waals surface area contributed by atoms with E-state index in [1.54, 1.807) is 56.0 Å². The number of aromatic nitrogens is 2. The number of amides is 3. The van der Waals surface area contributed by atoms with Crippen LogP contribution in [0.15, 0.2) is 36.4 Å². The lowest BCUT2D eigenvalue weighted by molar-refractivity contribution is 0.0501. The number of nitrogens with one attached hydrogen (secondary N) is 3. The number of rotatable bonds is 6. The van der Waals surface area contributed by atoms with E-state index < -0.39 is 11.7 Å². The fraction of sp³-hybridized carbons (Fsp3) is 0.429. The van der Waals surface area contributed by atoms with E-state index in [1.165, 1.54) is 0 Å². The maximum atomic E-state index is 13.4. The summed E-state index contributed by atoms with van der Waals surface area (Å²) in [5.41, 5.74) is 2.68. The maximum Gasteiger partial charge on any atom is 0.407 e. The SMILES string of the molecule is Cc1cc(C(=O)N[C@@H](C)c2nc3cc(Cl)ccc3[nH]2)ccc1C(=O)N1CCC[C@@H]1CNC(=O)OC(C)(C)C. The molecule has 1 fully saturated rings. The van der Waals surface area contributed by atoms with E-state index in [9.17, 15) is 14.4 Å². The molecule has 2 aromatic carbocycles. The van der Waals surface area contributed by atoms with Crippen LogP contribution in [-0.4, -0.2) is 57.5 Å². The van der Waals surface area contributed by atoms with Gasteiger partial charge in [-0.15, -0.1) is 0 Å². The Morgan fingerprint density at radius 1 is 1.21 bits per heavy atom. The Morgan fingerprint density at radius 2 is 1.97 bits per heavy atom. The molecule has 3 N–H and O–H groups in total.